The molecule has 1 aliphatic heterocycles. The molecule has 0 amide bonds. The van der Waals surface area contributed by atoms with Crippen LogP contribution in [0.4, 0.5) is 11.4 Å². The maximum atomic E-state index is 13.5. The van der Waals surface area contributed by atoms with Gasteiger partial charge < -0.3 is 9.80 Å². The number of anilines is 2. The molecule has 3 aromatic carbocycles. The lowest BCUT2D eigenvalue weighted by Crippen LogP contribution is -2.48. The zero-order valence-corrected chi connectivity index (χ0v) is 19.2. The molecule has 1 fully saturated rings. The van der Waals surface area contributed by atoms with Crippen molar-refractivity contribution < 1.29 is 8.42 Å². The summed E-state index contributed by atoms with van der Waals surface area (Å²) >= 11 is 12.5. The van der Waals surface area contributed by atoms with Gasteiger partial charge in [0.15, 0.2) is 0 Å². The Balaban J connectivity index is 1.63. The van der Waals surface area contributed by atoms with Gasteiger partial charge in [-0.15, -0.1) is 0 Å². The van der Waals surface area contributed by atoms with E-state index in [0.29, 0.717) is 41.1 Å². The van der Waals surface area contributed by atoms with Crippen molar-refractivity contribution in [1.82, 2.24) is 4.31 Å². The normalized spacial score (nSPS) is 15.5. The minimum Gasteiger partial charge on any atom is -0.377 e. The zero-order chi connectivity index (χ0) is 21.5. The minimum atomic E-state index is -3.63. The van der Waals surface area contributed by atoms with Crippen LogP contribution in [0.5, 0.6) is 0 Å². The van der Waals surface area contributed by atoms with Gasteiger partial charge in [-0.2, -0.15) is 4.31 Å². The highest BCUT2D eigenvalue weighted by Crippen LogP contribution is 2.35. The van der Waals surface area contributed by atoms with E-state index in [0.717, 1.165) is 22.1 Å². The summed E-state index contributed by atoms with van der Waals surface area (Å²) < 4.78 is 28.5. The van der Waals surface area contributed by atoms with Crippen molar-refractivity contribution in [2.75, 3.05) is 50.1 Å². The number of rotatable bonds is 4. The standard InChI is InChI=1S/C22H23Cl2N3O2S/c1-25(2)19-9-3-7-17-16(19)6-4-11-21(17)30(28,29)27-14-12-26(13-15-27)20-10-5-8-18(23)22(20)24/h3-11H,12-15H2,1-2H3. The van der Waals surface area contributed by atoms with E-state index in [9.17, 15) is 8.42 Å². The summed E-state index contributed by atoms with van der Waals surface area (Å²) in [5.74, 6) is 0. The molecular weight excluding hydrogens is 441 g/mol. The third kappa shape index (κ3) is 3.73. The van der Waals surface area contributed by atoms with Gasteiger partial charge in [-0.1, -0.05) is 53.5 Å². The van der Waals surface area contributed by atoms with Crippen LogP contribution in [-0.2, 0) is 10.0 Å². The molecule has 1 saturated heterocycles. The van der Waals surface area contributed by atoms with E-state index in [1.165, 1.54) is 0 Å². The van der Waals surface area contributed by atoms with Crippen LogP contribution in [0.3, 0.4) is 0 Å². The molecule has 0 bridgehead atoms. The van der Waals surface area contributed by atoms with E-state index in [1.54, 1.807) is 16.4 Å². The number of piperazine rings is 1. The van der Waals surface area contributed by atoms with Gasteiger partial charge in [0, 0.05) is 56.7 Å². The lowest BCUT2D eigenvalue weighted by Gasteiger charge is -2.36. The molecule has 5 nitrogen and oxygen atoms in total. The predicted octanol–water partition coefficient (Wildman–Crippen LogP) is 4.72. The smallest absolute Gasteiger partial charge is 0.243 e. The third-order valence-electron chi connectivity index (χ3n) is 5.47. The van der Waals surface area contributed by atoms with Crippen molar-refractivity contribution in [1.29, 1.82) is 0 Å². The largest absolute Gasteiger partial charge is 0.377 e. The van der Waals surface area contributed by atoms with E-state index in [4.69, 9.17) is 23.2 Å². The minimum absolute atomic E-state index is 0.345. The van der Waals surface area contributed by atoms with E-state index < -0.39 is 10.0 Å². The van der Waals surface area contributed by atoms with Gasteiger partial charge >= 0.3 is 0 Å². The van der Waals surface area contributed by atoms with Crippen LogP contribution in [0.2, 0.25) is 10.0 Å². The van der Waals surface area contributed by atoms with Crippen LogP contribution in [0.25, 0.3) is 10.8 Å². The first-order chi connectivity index (χ1) is 14.3. The number of nitrogens with zero attached hydrogens (tertiary/aromatic N) is 3. The summed E-state index contributed by atoms with van der Waals surface area (Å²) in [4.78, 5) is 4.41. The van der Waals surface area contributed by atoms with Crippen molar-refractivity contribution in [2.45, 2.75) is 4.90 Å². The Kier molecular flexibility index (Phi) is 5.86. The quantitative estimate of drug-likeness (QED) is 0.561. The molecule has 0 radical (unpaired) electrons. The molecule has 0 N–H and O–H groups in total. The average molecular weight is 464 g/mol. The molecule has 0 atom stereocenters. The number of hydrogen-bond acceptors (Lipinski definition) is 4. The van der Waals surface area contributed by atoms with Gasteiger partial charge in [-0.3, -0.25) is 0 Å². The second-order valence-corrected chi connectivity index (χ2v) is 10.2. The molecule has 158 valence electrons. The van der Waals surface area contributed by atoms with Crippen molar-refractivity contribution in [3.8, 4) is 0 Å². The average Bonchev–Trinajstić information content (AvgIpc) is 2.74. The molecule has 1 aliphatic rings. The number of hydrogen-bond donors (Lipinski definition) is 0. The molecule has 0 aromatic heterocycles. The fourth-order valence-corrected chi connectivity index (χ4v) is 5.97. The molecule has 8 heteroatoms. The van der Waals surface area contributed by atoms with E-state index in [1.807, 2.05) is 61.5 Å². The van der Waals surface area contributed by atoms with Crippen molar-refractivity contribution in [3.63, 3.8) is 0 Å². The molecule has 1 heterocycles. The molecule has 0 unspecified atom stereocenters. The summed E-state index contributed by atoms with van der Waals surface area (Å²) in [5.41, 5.74) is 1.83. The molecule has 0 saturated carbocycles. The fourth-order valence-electron chi connectivity index (χ4n) is 3.92. The van der Waals surface area contributed by atoms with Crippen LogP contribution in [0, 0.1) is 0 Å². The summed E-state index contributed by atoms with van der Waals surface area (Å²) in [6.45, 7) is 1.86. The van der Waals surface area contributed by atoms with Crippen LogP contribution >= 0.6 is 23.2 Å². The van der Waals surface area contributed by atoms with Gasteiger partial charge in [0.1, 0.15) is 0 Å². The second-order valence-electron chi connectivity index (χ2n) is 7.49. The monoisotopic (exact) mass is 463 g/mol. The Morgan fingerprint density at radius 3 is 2.17 bits per heavy atom. The van der Waals surface area contributed by atoms with Crippen molar-refractivity contribution in [3.05, 3.63) is 64.6 Å². The summed E-state index contributed by atoms with van der Waals surface area (Å²) in [6.07, 6.45) is 0. The van der Waals surface area contributed by atoms with E-state index in [2.05, 4.69) is 4.90 Å². The Bertz CT molecular complexity index is 1190. The Labute approximate surface area is 187 Å². The van der Waals surface area contributed by atoms with Crippen LogP contribution in [0.15, 0.2) is 59.5 Å². The Hall–Kier alpha value is -1.99. The van der Waals surface area contributed by atoms with Gasteiger partial charge in [-0.25, -0.2) is 8.42 Å². The zero-order valence-electron chi connectivity index (χ0n) is 16.8. The summed E-state index contributed by atoms with van der Waals surface area (Å²) in [5, 5.41) is 2.66. The van der Waals surface area contributed by atoms with Crippen LogP contribution < -0.4 is 9.80 Å². The number of fused-ring (bicyclic) bond motifs is 1. The number of benzene rings is 3. The second kappa shape index (κ2) is 8.27. The molecular formula is C22H23Cl2N3O2S. The number of halogens is 2. The molecule has 0 spiro atoms. The van der Waals surface area contributed by atoms with Crippen LogP contribution in [0.1, 0.15) is 0 Å². The first-order valence-electron chi connectivity index (χ1n) is 9.69. The van der Waals surface area contributed by atoms with Crippen molar-refractivity contribution in [2.24, 2.45) is 0 Å². The summed E-state index contributed by atoms with van der Waals surface area (Å²) in [7, 11) is 0.283. The van der Waals surface area contributed by atoms with E-state index >= 15 is 0 Å². The van der Waals surface area contributed by atoms with Gasteiger partial charge in [0.05, 0.1) is 20.6 Å². The van der Waals surface area contributed by atoms with E-state index in [-0.39, 0.29) is 0 Å². The lowest BCUT2D eigenvalue weighted by atomic mass is 10.1. The Morgan fingerprint density at radius 1 is 0.833 bits per heavy atom. The van der Waals surface area contributed by atoms with Gasteiger partial charge in [0.25, 0.3) is 0 Å². The van der Waals surface area contributed by atoms with Gasteiger partial charge in [0.2, 0.25) is 10.0 Å². The Morgan fingerprint density at radius 2 is 1.47 bits per heavy atom. The first-order valence-corrected chi connectivity index (χ1v) is 11.9. The summed E-state index contributed by atoms with van der Waals surface area (Å²) in [6, 6.07) is 16.7. The molecule has 3 aromatic rings. The maximum absolute atomic E-state index is 13.5. The van der Waals surface area contributed by atoms with Gasteiger partial charge in [-0.05, 0) is 24.3 Å². The predicted molar refractivity (Wildman–Crippen MR) is 126 cm³/mol. The van der Waals surface area contributed by atoms with Crippen LogP contribution in [-0.4, -0.2) is 53.0 Å². The fraction of sp³-hybridized carbons (Fsp3) is 0.273. The molecule has 30 heavy (non-hydrogen) atoms. The number of sulfonamides is 1. The molecule has 4 rings (SSSR count). The highest BCUT2D eigenvalue weighted by molar-refractivity contribution is 7.89. The molecule has 0 aliphatic carbocycles. The highest BCUT2D eigenvalue weighted by atomic mass is 35.5. The van der Waals surface area contributed by atoms with Crippen molar-refractivity contribution >= 4 is 55.4 Å². The highest BCUT2D eigenvalue weighted by Gasteiger charge is 2.30. The maximum Gasteiger partial charge on any atom is 0.243 e. The topological polar surface area (TPSA) is 43.9 Å². The SMILES string of the molecule is CN(C)c1cccc2c(S(=O)(=O)N3CCN(c4cccc(Cl)c4Cl)CC3)cccc12. The third-order valence-corrected chi connectivity index (χ3v) is 8.23. The first kappa shape index (κ1) is 21.2. The lowest BCUT2D eigenvalue weighted by molar-refractivity contribution is 0.385.